The molecule has 0 aliphatic rings. The number of hydrogen-bond donors (Lipinski definition) is 0. The normalized spacial score (nSPS) is 14.1. The van der Waals surface area contributed by atoms with E-state index in [2.05, 4.69) is 220 Å². The van der Waals surface area contributed by atoms with Crippen molar-refractivity contribution in [1.29, 1.82) is 0 Å². The van der Waals surface area contributed by atoms with Gasteiger partial charge in [0.2, 0.25) is 0 Å². The van der Waals surface area contributed by atoms with Crippen LogP contribution in [0.1, 0.15) is 194 Å². The van der Waals surface area contributed by atoms with Crippen molar-refractivity contribution in [2.75, 3.05) is 47.5 Å². The van der Waals surface area contributed by atoms with E-state index in [-0.39, 0.29) is 32.7 Å². The predicted octanol–water partition coefficient (Wildman–Crippen LogP) is 18.7. The summed E-state index contributed by atoms with van der Waals surface area (Å²) < 4.78 is 22.6. The molecule has 0 rings (SSSR count). The summed E-state index contributed by atoms with van der Waals surface area (Å²) in [5.41, 5.74) is 0. The number of unbranched alkanes of at least 4 members (excludes halogenated alkanes) is 7. The molecule has 2 unspecified atom stereocenters. The van der Waals surface area contributed by atoms with Crippen molar-refractivity contribution in [2.24, 2.45) is 0 Å². The van der Waals surface area contributed by atoms with Gasteiger partial charge in [0.25, 0.3) is 0 Å². The van der Waals surface area contributed by atoms with Crippen molar-refractivity contribution in [2.45, 2.75) is 206 Å². The third-order valence-electron chi connectivity index (χ3n) is 12.5. The molecular formula is C76H115NO8. The van der Waals surface area contributed by atoms with Crippen molar-refractivity contribution in [3.63, 3.8) is 0 Å². The Hall–Kier alpha value is -6.13. The highest BCUT2D eigenvalue weighted by atomic mass is 16.7. The Morgan fingerprint density at radius 3 is 0.976 bits per heavy atom. The average molecular weight is 1170 g/mol. The van der Waals surface area contributed by atoms with Gasteiger partial charge in [-0.25, -0.2) is 0 Å². The lowest BCUT2D eigenvalue weighted by molar-refractivity contribution is -0.870. The van der Waals surface area contributed by atoms with Crippen LogP contribution >= 0.6 is 0 Å². The smallest absolute Gasteiger partial charge is 0.306 e. The van der Waals surface area contributed by atoms with Crippen molar-refractivity contribution in [3.8, 4) is 0 Å². The van der Waals surface area contributed by atoms with Crippen LogP contribution in [0.5, 0.6) is 0 Å². The van der Waals surface area contributed by atoms with Gasteiger partial charge in [-0.05, 0) is 141 Å². The number of carboxylic acid groups (broad SMARTS) is 1. The fraction of sp³-hybridized carbons (Fsp3) is 0.513. The lowest BCUT2D eigenvalue weighted by Crippen LogP contribution is -2.44. The second kappa shape index (κ2) is 63.9. The summed E-state index contributed by atoms with van der Waals surface area (Å²) in [6, 6.07) is 0. The fourth-order valence-electron chi connectivity index (χ4n) is 7.67. The summed E-state index contributed by atoms with van der Waals surface area (Å²) in [7, 11) is 5.88. The van der Waals surface area contributed by atoms with Crippen molar-refractivity contribution in [1.82, 2.24) is 0 Å². The van der Waals surface area contributed by atoms with Gasteiger partial charge in [0.05, 0.1) is 40.3 Å². The van der Waals surface area contributed by atoms with Gasteiger partial charge in [0.15, 0.2) is 12.4 Å². The highest BCUT2D eigenvalue weighted by Gasteiger charge is 2.22. The molecule has 0 aliphatic heterocycles. The van der Waals surface area contributed by atoms with E-state index in [1.807, 2.05) is 21.1 Å². The number of hydrogen-bond acceptors (Lipinski definition) is 8. The molecule has 0 saturated heterocycles. The molecular weight excluding hydrogens is 1050 g/mol. The van der Waals surface area contributed by atoms with Crippen LogP contribution < -0.4 is 5.11 Å². The Kier molecular flexibility index (Phi) is 59.3. The zero-order valence-electron chi connectivity index (χ0n) is 53.6. The number of carboxylic acids is 1. The van der Waals surface area contributed by atoms with Crippen molar-refractivity contribution < 1.29 is 42.9 Å². The average Bonchev–Trinajstić information content (AvgIpc) is 3.48. The van der Waals surface area contributed by atoms with Crippen molar-refractivity contribution >= 4 is 17.9 Å². The topological polar surface area (TPSA) is 111 Å². The van der Waals surface area contributed by atoms with Crippen LogP contribution in [0.15, 0.2) is 207 Å². The first-order chi connectivity index (χ1) is 41.6. The lowest BCUT2D eigenvalue weighted by Gasteiger charge is -2.26. The lowest BCUT2D eigenvalue weighted by atomic mass is 10.1. The van der Waals surface area contributed by atoms with E-state index in [9.17, 15) is 19.5 Å². The van der Waals surface area contributed by atoms with Crippen LogP contribution in [0.4, 0.5) is 0 Å². The summed E-state index contributed by atoms with van der Waals surface area (Å²) in [6.07, 6.45) is 97.5. The van der Waals surface area contributed by atoms with Crippen LogP contribution in [0.3, 0.4) is 0 Å². The molecule has 0 aromatic rings. The van der Waals surface area contributed by atoms with Crippen LogP contribution in [0, 0.1) is 0 Å². The summed E-state index contributed by atoms with van der Waals surface area (Å²) in [5, 5.41) is 11.8. The van der Waals surface area contributed by atoms with Gasteiger partial charge in [0.1, 0.15) is 13.2 Å². The second-order valence-electron chi connectivity index (χ2n) is 21.6. The number of aliphatic carboxylic acids is 1. The molecule has 9 nitrogen and oxygen atoms in total. The number of ether oxygens (including phenoxy) is 4. The Morgan fingerprint density at radius 1 is 0.353 bits per heavy atom. The largest absolute Gasteiger partial charge is 0.545 e. The minimum Gasteiger partial charge on any atom is -0.545 e. The van der Waals surface area contributed by atoms with E-state index in [0.717, 1.165) is 154 Å². The fourth-order valence-corrected chi connectivity index (χ4v) is 7.67. The van der Waals surface area contributed by atoms with E-state index < -0.39 is 30.3 Å². The molecule has 472 valence electrons. The van der Waals surface area contributed by atoms with Gasteiger partial charge in [-0.15, -0.1) is 0 Å². The number of allylic oxidation sites excluding steroid dienone is 34. The molecule has 0 amide bonds. The number of quaternary nitrogens is 1. The van der Waals surface area contributed by atoms with E-state index >= 15 is 0 Å². The van der Waals surface area contributed by atoms with Crippen LogP contribution in [0.2, 0.25) is 0 Å². The Bertz CT molecular complexity index is 2140. The number of likely N-dealkylation sites (N-methyl/N-ethyl adjacent to an activating group) is 1. The zero-order chi connectivity index (χ0) is 61.9. The molecule has 0 aromatic heterocycles. The summed E-state index contributed by atoms with van der Waals surface area (Å²) >= 11 is 0. The Balaban J connectivity index is 4.36. The molecule has 2 atom stereocenters. The second-order valence-corrected chi connectivity index (χ2v) is 21.6. The molecule has 0 fully saturated rings. The summed E-state index contributed by atoms with van der Waals surface area (Å²) in [6.45, 7) is 4.39. The molecule has 0 heterocycles. The van der Waals surface area contributed by atoms with E-state index in [1.54, 1.807) is 0 Å². The predicted molar refractivity (Wildman–Crippen MR) is 360 cm³/mol. The van der Waals surface area contributed by atoms with E-state index in [1.165, 1.54) is 0 Å². The minimum atomic E-state index is -1.65. The summed E-state index contributed by atoms with van der Waals surface area (Å²) in [4.78, 5) is 37.4. The number of carbonyl (C=O) groups is 3. The number of rotatable bonds is 56. The molecule has 0 spiro atoms. The van der Waals surface area contributed by atoms with Gasteiger partial charge in [-0.1, -0.05) is 246 Å². The van der Waals surface area contributed by atoms with Crippen LogP contribution in [-0.4, -0.2) is 82.3 Å². The Labute approximate surface area is 518 Å². The SMILES string of the molecule is CC/C=C\C/C=C\C/C=C\C/C=C\C/C=C\C/C=C\C/C=C\C/C=C\C/C=C\C/C=C\CCCCCCCCC(=O)OC(COC(=O)CCC/C=C\C/C=C\C/C=C\C/C=C\C/C=C\C/C=C\C/C=C\CC)COC(OCC[N+](C)(C)C)C(=O)[O-]. The number of nitrogens with zero attached hydrogens (tertiary/aromatic N) is 1. The van der Waals surface area contributed by atoms with Gasteiger partial charge >= 0.3 is 11.9 Å². The van der Waals surface area contributed by atoms with E-state index in [4.69, 9.17) is 18.9 Å². The van der Waals surface area contributed by atoms with Gasteiger partial charge in [0, 0.05) is 12.8 Å². The molecule has 85 heavy (non-hydrogen) atoms. The zero-order valence-corrected chi connectivity index (χ0v) is 53.6. The molecule has 0 bridgehead atoms. The number of carbonyl (C=O) groups excluding carboxylic acids is 3. The minimum absolute atomic E-state index is 0.123. The highest BCUT2D eigenvalue weighted by molar-refractivity contribution is 5.70. The first-order valence-corrected chi connectivity index (χ1v) is 32.2. The van der Waals surface area contributed by atoms with Crippen LogP contribution in [-0.2, 0) is 33.3 Å². The molecule has 0 radical (unpaired) electrons. The monoisotopic (exact) mass is 1170 g/mol. The quantitative estimate of drug-likeness (QED) is 0.0195. The standard InChI is InChI=1S/C76H115NO8/c1-6-8-10-12-14-16-18-20-22-24-26-28-30-31-32-33-34-35-36-37-38-39-40-41-42-43-45-47-49-51-53-55-57-59-61-63-65-67-74(79)85-72(71-84-76(75(80)81)82-69-68-77(3,4)5)70-83-73(78)66-64-62-60-58-56-54-52-50-48-46-44-29-27-25-23-21-19-17-15-13-11-9-7-2/h8-11,14-17,20-23,26-29,31-32,34-35,37-38,40-41,43,45-46,48-49,51-52,54,58,60,72,76H,6-7,12-13,18-19,24-25,30,33,36,39,42,44,47,50,53,55-57,59,61-71H2,1-5H3/b10-8-,11-9-,16-14-,17-15-,22-20-,23-21-,28-26-,29-27-,32-31-,35-34-,38-37-,41-40-,45-43-,48-46-,51-49-,54-52-,60-58-. The van der Waals surface area contributed by atoms with Gasteiger partial charge in [-0.3, -0.25) is 9.59 Å². The highest BCUT2D eigenvalue weighted by Crippen LogP contribution is 2.12. The van der Waals surface area contributed by atoms with Crippen molar-refractivity contribution in [3.05, 3.63) is 207 Å². The summed E-state index contributed by atoms with van der Waals surface area (Å²) in [5.74, 6) is -2.41. The third kappa shape index (κ3) is 65.3. The maximum atomic E-state index is 12.9. The van der Waals surface area contributed by atoms with E-state index in [0.29, 0.717) is 23.9 Å². The van der Waals surface area contributed by atoms with Gasteiger partial charge < -0.3 is 33.3 Å². The van der Waals surface area contributed by atoms with Gasteiger partial charge in [-0.2, -0.15) is 0 Å². The first kappa shape index (κ1) is 78.9. The molecule has 0 N–H and O–H groups in total. The molecule has 0 saturated carbocycles. The molecule has 0 aromatic carbocycles. The third-order valence-corrected chi connectivity index (χ3v) is 12.5. The first-order valence-electron chi connectivity index (χ1n) is 32.2. The molecule has 9 heteroatoms. The maximum Gasteiger partial charge on any atom is 0.306 e. The Morgan fingerprint density at radius 2 is 0.647 bits per heavy atom. The number of esters is 2. The molecule has 0 aliphatic carbocycles. The maximum absolute atomic E-state index is 12.9. The van der Waals surface area contributed by atoms with Crippen LogP contribution in [0.25, 0.3) is 0 Å².